The summed E-state index contributed by atoms with van der Waals surface area (Å²) < 4.78 is 7.09. The van der Waals surface area contributed by atoms with Gasteiger partial charge < -0.3 is 42.5 Å². The van der Waals surface area contributed by atoms with Crippen molar-refractivity contribution in [2.24, 2.45) is 12.2 Å². The Labute approximate surface area is 274 Å². The molecule has 0 spiro atoms. The van der Waals surface area contributed by atoms with Gasteiger partial charge in [0.2, 0.25) is 23.3 Å². The fraction of sp³-hybridized carbons (Fsp3) is 0.480. The second kappa shape index (κ2) is 13.0. The highest BCUT2D eigenvalue weighted by atomic mass is 32.2. The van der Waals surface area contributed by atoms with Crippen molar-refractivity contribution in [2.75, 3.05) is 35.6 Å². The predicted molar refractivity (Wildman–Crippen MR) is 167 cm³/mol. The van der Waals surface area contributed by atoms with Crippen LogP contribution < -0.4 is 37.4 Å². The Balaban J connectivity index is 1.31. The zero-order valence-electron chi connectivity index (χ0n) is 25.3. The molecule has 3 atom stereocenters. The van der Waals surface area contributed by atoms with E-state index < -0.39 is 52.5 Å². The molecule has 0 radical (unpaired) electrons. The molecule has 1 unspecified atom stereocenters. The van der Waals surface area contributed by atoms with E-state index in [0.29, 0.717) is 17.8 Å². The number of carboxylic acids is 2. The number of carboxylic acid groups (broad SMARTS) is 2. The summed E-state index contributed by atoms with van der Waals surface area (Å²) in [4.78, 5) is 73.1. The van der Waals surface area contributed by atoms with Crippen molar-refractivity contribution >= 4 is 75.4 Å². The molecule has 5 heterocycles. The first-order valence-electron chi connectivity index (χ1n) is 14.1. The Bertz CT molecular complexity index is 1700. The van der Waals surface area contributed by atoms with Crippen molar-refractivity contribution in [1.82, 2.24) is 34.9 Å². The topological polar surface area (TPSA) is 285 Å². The van der Waals surface area contributed by atoms with E-state index in [2.05, 4.69) is 35.8 Å². The number of nitrogens with zero attached hydrogens (tertiary/aromatic N) is 6. The normalized spacial score (nSPS) is 21.2. The van der Waals surface area contributed by atoms with Crippen LogP contribution >= 0.6 is 23.3 Å². The zero-order chi connectivity index (χ0) is 34.2. The van der Waals surface area contributed by atoms with Gasteiger partial charge in [-0.3, -0.25) is 19.8 Å². The molecule has 5 rings (SSSR count). The highest BCUT2D eigenvalue weighted by Crippen LogP contribution is 2.40. The van der Waals surface area contributed by atoms with Crippen LogP contribution in [0.2, 0.25) is 0 Å². The van der Waals surface area contributed by atoms with E-state index in [9.17, 15) is 34.2 Å². The molecule has 0 aliphatic carbocycles. The van der Waals surface area contributed by atoms with Gasteiger partial charge in [-0.15, -0.1) is 21.1 Å². The second-order valence-electron chi connectivity index (χ2n) is 11.3. The number of rotatable bonds is 11. The summed E-state index contributed by atoms with van der Waals surface area (Å²) >= 11 is 1.98. The minimum absolute atomic E-state index is 0.00105. The molecular weight excluding hydrogens is 660 g/mol. The lowest BCUT2D eigenvalue weighted by molar-refractivity contribution is -0.765. The van der Waals surface area contributed by atoms with Gasteiger partial charge in [0.1, 0.15) is 17.1 Å². The van der Waals surface area contributed by atoms with Crippen LogP contribution in [0.3, 0.4) is 0 Å². The number of hydrogen-bond donors (Lipinski definition) is 8. The van der Waals surface area contributed by atoms with Crippen molar-refractivity contribution in [3.8, 4) is 0 Å². The zero-order valence-corrected chi connectivity index (χ0v) is 27.0. The van der Waals surface area contributed by atoms with E-state index in [1.54, 1.807) is 22.6 Å². The molecule has 3 aliphatic heterocycles. The first-order valence-corrected chi connectivity index (χ1v) is 15.9. The molecule has 2 saturated heterocycles. The molecule has 22 heteroatoms. The average Bonchev–Trinajstić information content (AvgIpc) is 3.74. The predicted octanol–water partition coefficient (Wildman–Crippen LogP) is -2.17. The summed E-state index contributed by atoms with van der Waals surface area (Å²) in [7, 11) is 1.64. The third-order valence-electron chi connectivity index (χ3n) is 7.57. The van der Waals surface area contributed by atoms with Crippen LogP contribution in [0.4, 0.5) is 21.4 Å². The third kappa shape index (κ3) is 6.78. The lowest BCUT2D eigenvalue weighted by Crippen LogP contribution is -2.71. The number of nitrogens with two attached hydrogens (primary N) is 2. The van der Waals surface area contributed by atoms with E-state index in [0.717, 1.165) is 29.4 Å². The Morgan fingerprint density at radius 3 is 2.62 bits per heavy atom. The Kier molecular flexibility index (Phi) is 9.27. The van der Waals surface area contributed by atoms with E-state index in [1.807, 2.05) is 0 Å². The number of carbonyl (C=O) groups excluding carboxylic acids is 3. The summed E-state index contributed by atoms with van der Waals surface area (Å²) in [5.41, 5.74) is 9.99. The van der Waals surface area contributed by atoms with Crippen molar-refractivity contribution in [1.29, 1.82) is 0 Å². The van der Waals surface area contributed by atoms with E-state index in [1.165, 1.54) is 25.6 Å². The van der Waals surface area contributed by atoms with Crippen LogP contribution in [-0.2, 0) is 37.6 Å². The molecule has 20 nitrogen and oxygen atoms in total. The summed E-state index contributed by atoms with van der Waals surface area (Å²) in [5, 5.41) is 33.6. The standard InChI is InChI=1S/C25H32N12O8S2/c1-25(2,22(42)43)45-33-13(17-32-23(27)47-34-17)18(38)31-14-19(39)37-15(21(40)41)10(9-46-20(14)37)7-36-8-12(16(26)35(36)3)30-24(44)29-11-4-5-28-6-11/h8,11,14,20,26,28H,4-7,9H2,1-3H3,(H7,27,29,30,31,32,34,38,40,41,42,43,44)/p+1/b33-13-/t11?,14-,20-/m1/s1. The van der Waals surface area contributed by atoms with Gasteiger partial charge >= 0.3 is 18.0 Å². The lowest BCUT2D eigenvalue weighted by atomic mass is 10.0. The molecule has 4 amide bonds. The summed E-state index contributed by atoms with van der Waals surface area (Å²) in [6.07, 6.45) is 2.37. The number of fused-ring (bicyclic) bond motifs is 1. The van der Waals surface area contributed by atoms with Gasteiger partial charge in [0.25, 0.3) is 11.8 Å². The van der Waals surface area contributed by atoms with Gasteiger partial charge in [0.05, 0.1) is 7.05 Å². The van der Waals surface area contributed by atoms with Gasteiger partial charge in [-0.25, -0.2) is 14.4 Å². The van der Waals surface area contributed by atoms with Crippen molar-refractivity contribution in [3.63, 3.8) is 0 Å². The smallest absolute Gasteiger partial charge is 0.352 e. The SMILES string of the molecule is Cn1c(N)c(NC(=O)NC2CCNC2)c[n+]1CC1=C(C(=O)O)N2C(=O)[C@@H](NC(=O)/C(=N\OC(C)(C)C(=O)O)c3nsc(N)n3)[C@H]2SC1. The highest BCUT2D eigenvalue weighted by Gasteiger charge is 2.55. The summed E-state index contributed by atoms with van der Waals surface area (Å²) in [5.74, 6) is -4.19. The van der Waals surface area contributed by atoms with Crippen molar-refractivity contribution in [3.05, 3.63) is 23.3 Å². The number of aromatic nitrogens is 4. The number of anilines is 3. The molecule has 47 heavy (non-hydrogen) atoms. The monoisotopic (exact) mass is 693 g/mol. The number of thioether (sulfide) groups is 1. The number of urea groups is 1. The van der Waals surface area contributed by atoms with Crippen molar-refractivity contribution in [2.45, 2.75) is 49.9 Å². The second-order valence-corrected chi connectivity index (χ2v) is 13.1. The number of nitrogen functional groups attached to an aromatic ring is 2. The van der Waals surface area contributed by atoms with Gasteiger partial charge in [-0.1, -0.05) is 5.16 Å². The lowest BCUT2D eigenvalue weighted by Gasteiger charge is -2.49. The quantitative estimate of drug-likeness (QED) is 0.0538. The van der Waals surface area contributed by atoms with Gasteiger partial charge in [0.15, 0.2) is 23.2 Å². The van der Waals surface area contributed by atoms with Gasteiger partial charge in [0, 0.05) is 35.4 Å². The van der Waals surface area contributed by atoms with Crippen molar-refractivity contribution < 1.29 is 43.7 Å². The van der Waals surface area contributed by atoms with Gasteiger partial charge in [-0.2, -0.15) is 9.36 Å². The van der Waals surface area contributed by atoms with E-state index in [-0.39, 0.29) is 40.8 Å². The maximum Gasteiger partial charge on any atom is 0.352 e. The minimum atomic E-state index is -1.82. The number of β-lactam (4-membered cyclic amide) rings is 1. The first kappa shape index (κ1) is 33.4. The number of oxime groups is 1. The number of carbonyl (C=O) groups is 5. The molecule has 252 valence electrons. The Morgan fingerprint density at radius 1 is 1.26 bits per heavy atom. The number of hydrogen-bond acceptors (Lipinski definition) is 14. The molecule has 2 fully saturated rings. The number of aliphatic carboxylic acids is 2. The fourth-order valence-electron chi connectivity index (χ4n) is 4.91. The molecule has 0 aromatic carbocycles. The summed E-state index contributed by atoms with van der Waals surface area (Å²) in [6, 6.07) is -1.59. The Hall–Kier alpha value is -4.96. The van der Waals surface area contributed by atoms with Crippen LogP contribution in [0.15, 0.2) is 22.6 Å². The van der Waals surface area contributed by atoms with Crippen LogP contribution in [0.5, 0.6) is 0 Å². The molecular formula is C25H33N12O8S2+. The highest BCUT2D eigenvalue weighted by molar-refractivity contribution is 8.00. The van der Waals surface area contributed by atoms with Crippen LogP contribution in [0, 0.1) is 0 Å². The van der Waals surface area contributed by atoms with E-state index >= 15 is 0 Å². The average molecular weight is 694 g/mol. The third-order valence-corrected chi connectivity index (χ3v) is 9.45. The Morgan fingerprint density at radius 2 is 2.00 bits per heavy atom. The largest absolute Gasteiger partial charge is 0.478 e. The molecule has 3 aliphatic rings. The maximum atomic E-state index is 13.3. The molecule has 2 aromatic rings. The molecule has 10 N–H and O–H groups in total. The fourth-order valence-corrected chi connectivity index (χ4v) is 6.68. The van der Waals surface area contributed by atoms with E-state index in [4.69, 9.17) is 16.3 Å². The maximum absolute atomic E-state index is 13.3. The van der Waals surface area contributed by atoms with Crippen LogP contribution in [0.1, 0.15) is 26.1 Å². The first-order chi connectivity index (χ1) is 22.2. The number of nitrogens with one attached hydrogen (secondary N) is 4. The number of amides is 4. The molecule has 2 aromatic heterocycles. The molecule has 0 bridgehead atoms. The van der Waals surface area contributed by atoms with Crippen LogP contribution in [0.25, 0.3) is 0 Å². The molecule has 0 saturated carbocycles. The summed E-state index contributed by atoms with van der Waals surface area (Å²) in [6.45, 7) is 3.93. The van der Waals surface area contributed by atoms with Crippen LogP contribution in [-0.4, -0.2) is 107 Å². The van der Waals surface area contributed by atoms with Gasteiger partial charge in [-0.05, 0) is 26.8 Å². The minimum Gasteiger partial charge on any atom is -0.478 e.